The summed E-state index contributed by atoms with van der Waals surface area (Å²) in [5.41, 5.74) is 3.79. The van der Waals surface area contributed by atoms with Crippen LogP contribution in [0, 0.1) is 6.92 Å². The van der Waals surface area contributed by atoms with E-state index in [1.54, 1.807) is 0 Å². The molecule has 0 aliphatic carbocycles. The lowest BCUT2D eigenvalue weighted by Crippen LogP contribution is -2.48. The number of rotatable bonds is 7. The lowest BCUT2D eigenvalue weighted by atomic mass is 10.1. The Morgan fingerprint density at radius 3 is 2.59 bits per heavy atom. The van der Waals surface area contributed by atoms with E-state index in [-0.39, 0.29) is 24.0 Å². The van der Waals surface area contributed by atoms with Gasteiger partial charge in [0.1, 0.15) is 0 Å². The molecule has 0 radical (unpaired) electrons. The molecule has 0 unspecified atom stereocenters. The third-order valence-electron chi connectivity index (χ3n) is 4.91. The summed E-state index contributed by atoms with van der Waals surface area (Å²) >= 11 is 0. The molecule has 5 nitrogen and oxygen atoms in total. The van der Waals surface area contributed by atoms with E-state index in [0.717, 1.165) is 45.0 Å². The molecule has 6 heteroatoms. The molecule has 2 rings (SSSR count). The van der Waals surface area contributed by atoms with Gasteiger partial charge in [-0.3, -0.25) is 4.90 Å². The maximum absolute atomic E-state index is 4.82. The maximum atomic E-state index is 4.82. The summed E-state index contributed by atoms with van der Waals surface area (Å²) in [6, 6.07) is 7.06. The van der Waals surface area contributed by atoms with Crippen LogP contribution >= 0.6 is 24.0 Å². The van der Waals surface area contributed by atoms with Crippen LogP contribution in [0.1, 0.15) is 30.9 Å². The minimum Gasteiger partial charge on any atom is -0.378 e. The molecule has 1 aromatic carbocycles. The number of likely N-dealkylation sites (tertiary alicyclic amines) is 1. The quantitative estimate of drug-likeness (QED) is 0.269. The van der Waals surface area contributed by atoms with Gasteiger partial charge in [0.25, 0.3) is 0 Å². The number of nitrogens with zero attached hydrogens (tertiary/aromatic N) is 3. The van der Waals surface area contributed by atoms with Crippen molar-refractivity contribution in [2.75, 3.05) is 45.2 Å². The molecule has 0 spiro atoms. The fraction of sp³-hybridized carbons (Fsp3) is 0.571. The molecule has 2 N–H and O–H groups in total. The standard InChI is InChI=1S/C21H35N5.HI/c1-6-12-26-13-10-19(11-14-26)24-21(22-7-2)23-16-18-8-9-20(25(4)5)15-17(18)3;/h6,8-9,15,19H,1,7,10-14,16H2,2-5H3,(H2,22,23,24);1H. The number of guanidine groups is 1. The third kappa shape index (κ3) is 7.70. The van der Waals surface area contributed by atoms with Crippen LogP contribution in [-0.4, -0.2) is 57.2 Å². The van der Waals surface area contributed by atoms with Gasteiger partial charge in [-0.15, -0.1) is 30.6 Å². The van der Waals surface area contributed by atoms with Crippen molar-refractivity contribution < 1.29 is 0 Å². The zero-order chi connectivity index (χ0) is 18.9. The molecule has 27 heavy (non-hydrogen) atoms. The summed E-state index contributed by atoms with van der Waals surface area (Å²) < 4.78 is 0. The molecule has 1 heterocycles. The van der Waals surface area contributed by atoms with E-state index in [4.69, 9.17) is 4.99 Å². The van der Waals surface area contributed by atoms with Crippen molar-refractivity contribution in [3.8, 4) is 0 Å². The van der Waals surface area contributed by atoms with Gasteiger partial charge in [-0.2, -0.15) is 0 Å². The van der Waals surface area contributed by atoms with Gasteiger partial charge in [-0.25, -0.2) is 4.99 Å². The predicted molar refractivity (Wildman–Crippen MR) is 129 cm³/mol. The van der Waals surface area contributed by atoms with Crippen LogP contribution in [-0.2, 0) is 6.54 Å². The van der Waals surface area contributed by atoms with Crippen LogP contribution in [0.2, 0.25) is 0 Å². The third-order valence-corrected chi connectivity index (χ3v) is 4.91. The number of anilines is 1. The van der Waals surface area contributed by atoms with Gasteiger partial charge >= 0.3 is 0 Å². The maximum Gasteiger partial charge on any atom is 0.191 e. The van der Waals surface area contributed by atoms with E-state index in [9.17, 15) is 0 Å². The number of aryl methyl sites for hydroxylation is 1. The van der Waals surface area contributed by atoms with E-state index in [1.807, 2.05) is 6.08 Å². The van der Waals surface area contributed by atoms with Gasteiger partial charge in [-0.1, -0.05) is 12.1 Å². The Labute approximate surface area is 182 Å². The summed E-state index contributed by atoms with van der Waals surface area (Å²) in [5, 5.41) is 7.00. The first kappa shape index (κ1) is 23.8. The zero-order valence-corrected chi connectivity index (χ0v) is 19.6. The number of aliphatic imine (C=N–C) groups is 1. The lowest BCUT2D eigenvalue weighted by molar-refractivity contribution is 0.225. The van der Waals surface area contributed by atoms with Gasteiger partial charge < -0.3 is 15.5 Å². The molecule has 1 saturated heterocycles. The van der Waals surface area contributed by atoms with Crippen molar-refractivity contribution in [3.63, 3.8) is 0 Å². The van der Waals surface area contributed by atoms with Gasteiger partial charge in [0.2, 0.25) is 0 Å². The second-order valence-corrected chi connectivity index (χ2v) is 7.21. The minimum atomic E-state index is 0. The Bertz CT molecular complexity index is 607. The second-order valence-electron chi connectivity index (χ2n) is 7.21. The van der Waals surface area contributed by atoms with Crippen LogP contribution in [0.5, 0.6) is 0 Å². The van der Waals surface area contributed by atoms with E-state index < -0.39 is 0 Å². The number of hydrogen-bond donors (Lipinski definition) is 2. The number of benzene rings is 1. The van der Waals surface area contributed by atoms with E-state index in [1.165, 1.54) is 16.8 Å². The molecule has 0 bridgehead atoms. The highest BCUT2D eigenvalue weighted by molar-refractivity contribution is 14.0. The molecule has 0 saturated carbocycles. The molecule has 0 amide bonds. The van der Waals surface area contributed by atoms with Crippen LogP contribution in [0.15, 0.2) is 35.8 Å². The van der Waals surface area contributed by atoms with E-state index >= 15 is 0 Å². The first-order valence-electron chi connectivity index (χ1n) is 9.68. The lowest BCUT2D eigenvalue weighted by Gasteiger charge is -2.32. The molecule has 1 aliphatic rings. The summed E-state index contributed by atoms with van der Waals surface area (Å²) in [5.74, 6) is 0.922. The highest BCUT2D eigenvalue weighted by Crippen LogP contribution is 2.18. The van der Waals surface area contributed by atoms with Crippen LogP contribution in [0.25, 0.3) is 0 Å². The zero-order valence-electron chi connectivity index (χ0n) is 17.3. The molecule has 0 atom stereocenters. The van der Waals surface area contributed by atoms with Gasteiger partial charge in [-0.05, 0) is 49.9 Å². The Balaban J connectivity index is 0.00000364. The van der Waals surface area contributed by atoms with Crippen molar-refractivity contribution >= 4 is 35.6 Å². The first-order chi connectivity index (χ1) is 12.5. The molecule has 1 aromatic rings. The van der Waals surface area contributed by atoms with Crippen molar-refractivity contribution in [1.82, 2.24) is 15.5 Å². The minimum absolute atomic E-state index is 0. The summed E-state index contributed by atoms with van der Waals surface area (Å²) in [7, 11) is 4.14. The topological polar surface area (TPSA) is 42.9 Å². The average molecular weight is 485 g/mol. The Kier molecular flexibility index (Phi) is 10.8. The number of hydrogen-bond acceptors (Lipinski definition) is 3. The van der Waals surface area contributed by atoms with Gasteiger partial charge in [0.05, 0.1) is 6.54 Å². The normalized spacial score (nSPS) is 15.8. The predicted octanol–water partition coefficient (Wildman–Crippen LogP) is 3.38. The second kappa shape index (κ2) is 12.2. The van der Waals surface area contributed by atoms with Crippen molar-refractivity contribution in [2.24, 2.45) is 4.99 Å². The highest BCUT2D eigenvalue weighted by atomic mass is 127. The Morgan fingerprint density at radius 2 is 2.04 bits per heavy atom. The summed E-state index contributed by atoms with van der Waals surface area (Å²) in [6.07, 6.45) is 4.28. The molecular formula is C21H36IN5. The van der Waals surface area contributed by atoms with Crippen LogP contribution in [0.4, 0.5) is 5.69 Å². The van der Waals surface area contributed by atoms with Crippen molar-refractivity contribution in [2.45, 2.75) is 39.3 Å². The number of nitrogens with one attached hydrogen (secondary N) is 2. The monoisotopic (exact) mass is 485 g/mol. The van der Waals surface area contributed by atoms with E-state index in [2.05, 4.69) is 73.2 Å². The van der Waals surface area contributed by atoms with Crippen LogP contribution in [0.3, 0.4) is 0 Å². The molecule has 1 fully saturated rings. The van der Waals surface area contributed by atoms with Crippen molar-refractivity contribution in [1.29, 1.82) is 0 Å². The molecular weight excluding hydrogens is 449 g/mol. The van der Waals surface area contributed by atoms with Gasteiger partial charge in [0.15, 0.2) is 5.96 Å². The molecule has 0 aromatic heterocycles. The highest BCUT2D eigenvalue weighted by Gasteiger charge is 2.19. The number of piperidine rings is 1. The fourth-order valence-electron chi connectivity index (χ4n) is 3.26. The van der Waals surface area contributed by atoms with Gasteiger partial charge in [0, 0.05) is 52.0 Å². The molecule has 1 aliphatic heterocycles. The van der Waals surface area contributed by atoms with E-state index in [0.29, 0.717) is 12.6 Å². The van der Waals surface area contributed by atoms with Crippen LogP contribution < -0.4 is 15.5 Å². The Hall–Kier alpha value is -1.28. The van der Waals surface area contributed by atoms with Crippen molar-refractivity contribution in [3.05, 3.63) is 42.0 Å². The Morgan fingerprint density at radius 1 is 1.33 bits per heavy atom. The largest absolute Gasteiger partial charge is 0.378 e. The molecule has 152 valence electrons. The first-order valence-corrected chi connectivity index (χ1v) is 9.68. The fourth-order valence-corrected chi connectivity index (χ4v) is 3.26. The summed E-state index contributed by atoms with van der Waals surface area (Å²) in [6.45, 7) is 12.9. The SMILES string of the molecule is C=CCN1CCC(NC(=NCc2ccc(N(C)C)cc2C)NCC)CC1.I. The average Bonchev–Trinajstić information content (AvgIpc) is 2.62. The number of halogens is 1. The summed E-state index contributed by atoms with van der Waals surface area (Å²) in [4.78, 5) is 9.40. The smallest absolute Gasteiger partial charge is 0.191 e.